The summed E-state index contributed by atoms with van der Waals surface area (Å²) in [5.41, 5.74) is 1.15. The second kappa shape index (κ2) is 8.50. The van der Waals surface area contributed by atoms with Gasteiger partial charge < -0.3 is 5.32 Å². The van der Waals surface area contributed by atoms with E-state index in [9.17, 15) is 4.79 Å². The molecule has 1 amide bonds. The highest BCUT2D eigenvalue weighted by Gasteiger charge is 2.13. The van der Waals surface area contributed by atoms with Gasteiger partial charge in [-0.3, -0.25) is 4.79 Å². The molecule has 1 N–H and O–H groups in total. The number of nitrogens with one attached hydrogen (secondary N) is 1. The maximum atomic E-state index is 11.8. The van der Waals surface area contributed by atoms with Crippen molar-refractivity contribution in [1.82, 2.24) is 5.32 Å². The highest BCUT2D eigenvalue weighted by atomic mass is 127. The Kier molecular flexibility index (Phi) is 7.24. The molecule has 0 spiro atoms. The normalized spacial score (nSPS) is 12.1. The smallest absolute Gasteiger partial charge is 0.233 e. The summed E-state index contributed by atoms with van der Waals surface area (Å²) < 4.78 is 0.0999. The molecular weight excluding hydrogens is 325 g/mol. The Labute approximate surface area is 117 Å². The van der Waals surface area contributed by atoms with E-state index in [1.54, 1.807) is 0 Å². The largest absolute Gasteiger partial charge is 0.351 e. The van der Waals surface area contributed by atoms with Crippen LogP contribution in [0.25, 0.3) is 0 Å². The summed E-state index contributed by atoms with van der Waals surface area (Å²) in [5, 5.41) is 2.98. The first-order valence-electron chi connectivity index (χ1n) is 6.19. The first-order valence-corrected chi connectivity index (χ1v) is 7.44. The Hall–Kier alpha value is -0.580. The van der Waals surface area contributed by atoms with Crippen LogP contribution in [0.5, 0.6) is 0 Å². The van der Waals surface area contributed by atoms with Crippen LogP contribution in [0.2, 0.25) is 0 Å². The van der Waals surface area contributed by atoms with Crippen LogP contribution in [0.4, 0.5) is 0 Å². The number of hydrogen-bond acceptors (Lipinski definition) is 1. The van der Waals surface area contributed by atoms with Gasteiger partial charge in [-0.15, -0.1) is 0 Å². The quantitative estimate of drug-likeness (QED) is 0.456. The first-order chi connectivity index (χ1) is 8.24. The molecule has 0 saturated carbocycles. The summed E-state index contributed by atoms with van der Waals surface area (Å²) in [7, 11) is 0. The van der Waals surface area contributed by atoms with Crippen molar-refractivity contribution in [1.29, 1.82) is 0 Å². The zero-order valence-electron chi connectivity index (χ0n) is 10.3. The van der Waals surface area contributed by atoms with Crippen LogP contribution in [0.1, 0.15) is 38.2 Å². The Morgan fingerprint density at radius 3 is 2.65 bits per heavy atom. The third kappa shape index (κ3) is 6.05. The minimum Gasteiger partial charge on any atom is -0.351 e. The Morgan fingerprint density at radius 2 is 2.00 bits per heavy atom. The lowest BCUT2D eigenvalue weighted by atomic mass is 10.1. The van der Waals surface area contributed by atoms with Crippen molar-refractivity contribution in [2.45, 2.75) is 43.1 Å². The van der Waals surface area contributed by atoms with Gasteiger partial charge in [-0.05, 0) is 12.0 Å². The number of amides is 1. The van der Waals surface area contributed by atoms with Crippen LogP contribution < -0.4 is 5.32 Å². The van der Waals surface area contributed by atoms with Crippen molar-refractivity contribution in [2.24, 2.45) is 0 Å². The van der Waals surface area contributed by atoms with Crippen LogP contribution in [-0.2, 0) is 11.3 Å². The van der Waals surface area contributed by atoms with E-state index in [-0.39, 0.29) is 9.83 Å². The Balaban J connectivity index is 2.24. The molecule has 0 aliphatic heterocycles. The van der Waals surface area contributed by atoms with Gasteiger partial charge in [-0.2, -0.15) is 0 Å². The second-order valence-electron chi connectivity index (χ2n) is 4.17. The molecule has 0 aliphatic rings. The first kappa shape index (κ1) is 14.5. The number of halogens is 1. The molecule has 0 heterocycles. The van der Waals surface area contributed by atoms with E-state index < -0.39 is 0 Å². The van der Waals surface area contributed by atoms with Gasteiger partial charge in [0, 0.05) is 6.54 Å². The van der Waals surface area contributed by atoms with Crippen LogP contribution in [0, 0.1) is 0 Å². The lowest BCUT2D eigenvalue weighted by molar-refractivity contribution is -0.120. The third-order valence-corrected chi connectivity index (χ3v) is 3.84. The molecule has 0 aliphatic carbocycles. The van der Waals surface area contributed by atoms with E-state index in [0.717, 1.165) is 18.4 Å². The summed E-state index contributed by atoms with van der Waals surface area (Å²) in [6.07, 6.45) is 4.54. The molecule has 2 nitrogen and oxygen atoms in total. The standard InChI is InChI=1S/C14H20INO/c1-2-3-5-10-13(15)14(17)16-11-12-8-6-4-7-9-12/h4,6-9,13H,2-3,5,10-11H2,1H3,(H,16,17). The maximum absolute atomic E-state index is 11.8. The molecule has 1 atom stereocenters. The van der Waals surface area contributed by atoms with E-state index >= 15 is 0 Å². The minimum absolute atomic E-state index is 0.0999. The van der Waals surface area contributed by atoms with Crippen molar-refractivity contribution in [2.75, 3.05) is 0 Å². The average Bonchev–Trinajstić information content (AvgIpc) is 2.37. The Morgan fingerprint density at radius 1 is 1.29 bits per heavy atom. The summed E-state index contributed by atoms with van der Waals surface area (Å²) in [5.74, 6) is 0.158. The van der Waals surface area contributed by atoms with E-state index in [4.69, 9.17) is 0 Å². The van der Waals surface area contributed by atoms with Crippen LogP contribution in [-0.4, -0.2) is 9.83 Å². The van der Waals surface area contributed by atoms with Gasteiger partial charge >= 0.3 is 0 Å². The molecule has 0 aromatic heterocycles. The maximum Gasteiger partial charge on any atom is 0.233 e. The molecule has 0 saturated heterocycles. The number of alkyl halides is 1. The fourth-order valence-electron chi connectivity index (χ4n) is 1.60. The number of hydrogen-bond donors (Lipinski definition) is 1. The zero-order valence-corrected chi connectivity index (χ0v) is 12.4. The van der Waals surface area contributed by atoms with Gasteiger partial charge in [0.25, 0.3) is 0 Å². The van der Waals surface area contributed by atoms with Crippen molar-refractivity contribution in [3.05, 3.63) is 35.9 Å². The molecule has 1 aromatic rings. The van der Waals surface area contributed by atoms with Crippen molar-refractivity contribution in [3.63, 3.8) is 0 Å². The van der Waals surface area contributed by atoms with Crippen LogP contribution in [0.3, 0.4) is 0 Å². The predicted molar refractivity (Wildman–Crippen MR) is 80.2 cm³/mol. The molecule has 1 rings (SSSR count). The number of benzene rings is 1. The van der Waals surface area contributed by atoms with Gasteiger partial charge in [0.2, 0.25) is 5.91 Å². The molecule has 0 fully saturated rings. The monoisotopic (exact) mass is 345 g/mol. The number of rotatable bonds is 7. The molecule has 1 aromatic carbocycles. The number of unbranched alkanes of at least 4 members (excludes halogenated alkanes) is 2. The fraction of sp³-hybridized carbons (Fsp3) is 0.500. The Bertz CT molecular complexity index is 326. The van der Waals surface area contributed by atoms with Gasteiger partial charge in [0.15, 0.2) is 0 Å². The van der Waals surface area contributed by atoms with Gasteiger partial charge in [-0.25, -0.2) is 0 Å². The lowest BCUT2D eigenvalue weighted by Gasteiger charge is -2.10. The van der Waals surface area contributed by atoms with E-state index in [0.29, 0.717) is 6.54 Å². The van der Waals surface area contributed by atoms with Gasteiger partial charge in [0.1, 0.15) is 0 Å². The zero-order chi connectivity index (χ0) is 12.5. The fourth-order valence-corrected chi connectivity index (χ4v) is 2.26. The molecular formula is C14H20INO. The summed E-state index contributed by atoms with van der Waals surface area (Å²) in [4.78, 5) is 11.8. The number of carbonyl (C=O) groups is 1. The highest BCUT2D eigenvalue weighted by Crippen LogP contribution is 2.12. The topological polar surface area (TPSA) is 29.1 Å². The molecule has 0 radical (unpaired) electrons. The SMILES string of the molecule is CCCCCC(I)C(=O)NCc1ccccc1. The van der Waals surface area contributed by atoms with Crippen LogP contribution >= 0.6 is 22.6 Å². The number of carbonyl (C=O) groups excluding carboxylic acids is 1. The van der Waals surface area contributed by atoms with Crippen molar-refractivity contribution < 1.29 is 4.79 Å². The van der Waals surface area contributed by atoms with Gasteiger partial charge in [-0.1, -0.05) is 79.1 Å². The average molecular weight is 345 g/mol. The highest BCUT2D eigenvalue weighted by molar-refractivity contribution is 14.1. The summed E-state index contributed by atoms with van der Waals surface area (Å²) >= 11 is 2.24. The molecule has 94 valence electrons. The lowest BCUT2D eigenvalue weighted by Crippen LogP contribution is -2.30. The van der Waals surface area contributed by atoms with E-state index in [1.807, 2.05) is 30.3 Å². The predicted octanol–water partition coefficient (Wildman–Crippen LogP) is 3.69. The van der Waals surface area contributed by atoms with Crippen molar-refractivity contribution >= 4 is 28.5 Å². The van der Waals surface area contributed by atoms with Crippen LogP contribution in [0.15, 0.2) is 30.3 Å². The summed E-state index contributed by atoms with van der Waals surface area (Å²) in [6, 6.07) is 10.0. The minimum atomic E-state index is 0.0999. The van der Waals surface area contributed by atoms with E-state index in [2.05, 4.69) is 34.8 Å². The van der Waals surface area contributed by atoms with Gasteiger partial charge in [0.05, 0.1) is 3.92 Å². The van der Waals surface area contributed by atoms with Crippen molar-refractivity contribution in [3.8, 4) is 0 Å². The molecule has 0 bridgehead atoms. The van der Waals surface area contributed by atoms with E-state index in [1.165, 1.54) is 12.8 Å². The molecule has 1 unspecified atom stereocenters. The third-order valence-electron chi connectivity index (χ3n) is 2.66. The molecule has 3 heteroatoms. The molecule has 17 heavy (non-hydrogen) atoms. The summed E-state index contributed by atoms with van der Waals surface area (Å²) in [6.45, 7) is 2.81. The second-order valence-corrected chi connectivity index (χ2v) is 5.67.